The van der Waals surface area contributed by atoms with Gasteiger partial charge in [0, 0.05) is 23.1 Å². The average molecular weight is 313 g/mol. The van der Waals surface area contributed by atoms with E-state index in [1.54, 1.807) is 0 Å². The number of hydrogen-bond donors (Lipinski definition) is 2. The van der Waals surface area contributed by atoms with E-state index in [0.717, 1.165) is 17.4 Å². The molecule has 1 aromatic rings. The highest BCUT2D eigenvalue weighted by Gasteiger charge is 2.35. The molecule has 100 valence electrons. The van der Waals surface area contributed by atoms with Crippen LogP contribution in [0.2, 0.25) is 0 Å². The van der Waals surface area contributed by atoms with Gasteiger partial charge in [-0.1, -0.05) is 35.0 Å². The van der Waals surface area contributed by atoms with Crippen molar-refractivity contribution in [3.8, 4) is 0 Å². The van der Waals surface area contributed by atoms with Crippen molar-refractivity contribution in [3.05, 3.63) is 34.3 Å². The summed E-state index contributed by atoms with van der Waals surface area (Å²) in [5, 5.41) is 9.55. The van der Waals surface area contributed by atoms with Crippen molar-refractivity contribution < 1.29 is 5.11 Å². The largest absolute Gasteiger partial charge is 0.395 e. The molecule has 1 heterocycles. The minimum Gasteiger partial charge on any atom is -0.395 e. The number of hydrogen-bond acceptors (Lipinski definition) is 3. The molecule has 0 bridgehead atoms. The SMILES string of the molecule is CC1CCN(C(CN)c2ccc(Br)cc2)C1CO. The summed E-state index contributed by atoms with van der Waals surface area (Å²) in [5.41, 5.74) is 7.18. The first kappa shape index (κ1) is 14.0. The fourth-order valence-corrected chi connectivity index (χ4v) is 3.12. The van der Waals surface area contributed by atoms with Crippen LogP contribution < -0.4 is 5.73 Å². The lowest BCUT2D eigenvalue weighted by atomic mass is 10.0. The molecular weight excluding hydrogens is 292 g/mol. The lowest BCUT2D eigenvalue weighted by Crippen LogP contribution is -2.41. The fraction of sp³-hybridized carbons (Fsp3) is 0.571. The Bertz CT molecular complexity index is 382. The van der Waals surface area contributed by atoms with E-state index in [-0.39, 0.29) is 18.7 Å². The zero-order valence-corrected chi connectivity index (χ0v) is 12.3. The Morgan fingerprint density at radius 3 is 2.67 bits per heavy atom. The van der Waals surface area contributed by atoms with Gasteiger partial charge in [-0.25, -0.2) is 0 Å². The molecule has 18 heavy (non-hydrogen) atoms. The second-order valence-corrected chi connectivity index (χ2v) is 5.97. The maximum atomic E-state index is 9.55. The van der Waals surface area contributed by atoms with Gasteiger partial charge in [-0.2, -0.15) is 0 Å². The van der Waals surface area contributed by atoms with Crippen molar-refractivity contribution >= 4 is 15.9 Å². The molecule has 0 aromatic heterocycles. The van der Waals surface area contributed by atoms with Gasteiger partial charge in [-0.05, 0) is 36.6 Å². The van der Waals surface area contributed by atoms with E-state index < -0.39 is 0 Å². The lowest BCUT2D eigenvalue weighted by molar-refractivity contribution is 0.105. The van der Waals surface area contributed by atoms with E-state index in [1.165, 1.54) is 5.56 Å². The second kappa shape index (κ2) is 6.15. The van der Waals surface area contributed by atoms with Crippen molar-refractivity contribution in [2.75, 3.05) is 19.7 Å². The predicted molar refractivity (Wildman–Crippen MR) is 77.3 cm³/mol. The Morgan fingerprint density at radius 2 is 2.11 bits per heavy atom. The van der Waals surface area contributed by atoms with Gasteiger partial charge in [-0.15, -0.1) is 0 Å². The minimum atomic E-state index is 0.209. The van der Waals surface area contributed by atoms with E-state index in [4.69, 9.17) is 5.73 Å². The first-order chi connectivity index (χ1) is 8.67. The molecule has 1 aliphatic rings. The van der Waals surface area contributed by atoms with Gasteiger partial charge in [-0.3, -0.25) is 4.90 Å². The summed E-state index contributed by atoms with van der Waals surface area (Å²) in [4.78, 5) is 2.36. The summed E-state index contributed by atoms with van der Waals surface area (Å²) < 4.78 is 1.08. The maximum absolute atomic E-state index is 9.55. The molecule has 1 fully saturated rings. The summed E-state index contributed by atoms with van der Waals surface area (Å²) in [6.07, 6.45) is 1.14. The molecule has 3 unspecified atom stereocenters. The molecule has 3 nitrogen and oxygen atoms in total. The Labute approximate surface area is 117 Å². The van der Waals surface area contributed by atoms with E-state index in [9.17, 15) is 5.11 Å². The van der Waals surface area contributed by atoms with Crippen molar-refractivity contribution in [2.45, 2.75) is 25.4 Å². The van der Waals surface area contributed by atoms with Crippen LogP contribution in [0.1, 0.15) is 24.9 Å². The van der Waals surface area contributed by atoms with E-state index in [0.29, 0.717) is 12.5 Å². The molecule has 3 atom stereocenters. The molecule has 4 heteroatoms. The van der Waals surface area contributed by atoms with Crippen LogP contribution in [0.15, 0.2) is 28.7 Å². The van der Waals surface area contributed by atoms with Crippen LogP contribution in [-0.4, -0.2) is 35.7 Å². The van der Waals surface area contributed by atoms with E-state index in [2.05, 4.69) is 39.9 Å². The average Bonchev–Trinajstić information content (AvgIpc) is 2.74. The van der Waals surface area contributed by atoms with Crippen LogP contribution in [0.25, 0.3) is 0 Å². The fourth-order valence-electron chi connectivity index (χ4n) is 2.86. The molecule has 2 rings (SSSR count). The third-order valence-corrected chi connectivity index (χ3v) is 4.52. The molecule has 0 saturated carbocycles. The number of aliphatic hydroxyl groups excluding tert-OH is 1. The van der Waals surface area contributed by atoms with E-state index in [1.807, 2.05) is 12.1 Å². The molecule has 3 N–H and O–H groups in total. The standard InChI is InChI=1S/C14H21BrN2O/c1-10-6-7-17(14(10)9-18)13(8-16)11-2-4-12(15)5-3-11/h2-5,10,13-14,18H,6-9,16H2,1H3. The highest BCUT2D eigenvalue weighted by molar-refractivity contribution is 9.10. The number of nitrogens with two attached hydrogens (primary N) is 1. The monoisotopic (exact) mass is 312 g/mol. The molecule has 1 saturated heterocycles. The van der Waals surface area contributed by atoms with Crippen molar-refractivity contribution in [1.29, 1.82) is 0 Å². The normalized spacial score (nSPS) is 26.4. The summed E-state index contributed by atoms with van der Waals surface area (Å²) in [5.74, 6) is 0.541. The topological polar surface area (TPSA) is 49.5 Å². The molecule has 0 radical (unpaired) electrons. The summed E-state index contributed by atoms with van der Waals surface area (Å²) in [7, 11) is 0. The summed E-state index contributed by atoms with van der Waals surface area (Å²) >= 11 is 3.45. The third-order valence-electron chi connectivity index (χ3n) is 3.99. The van der Waals surface area contributed by atoms with Gasteiger partial charge in [0.2, 0.25) is 0 Å². The zero-order chi connectivity index (χ0) is 13.1. The van der Waals surface area contributed by atoms with Gasteiger partial charge in [0.25, 0.3) is 0 Å². The van der Waals surface area contributed by atoms with Crippen LogP contribution in [0.4, 0.5) is 0 Å². The Balaban J connectivity index is 2.20. The first-order valence-corrected chi connectivity index (χ1v) is 7.28. The number of aliphatic hydroxyl groups is 1. The van der Waals surface area contributed by atoms with Gasteiger partial charge in [0.15, 0.2) is 0 Å². The van der Waals surface area contributed by atoms with Gasteiger partial charge < -0.3 is 10.8 Å². The van der Waals surface area contributed by atoms with Crippen molar-refractivity contribution in [2.24, 2.45) is 11.7 Å². The van der Waals surface area contributed by atoms with Gasteiger partial charge >= 0.3 is 0 Å². The van der Waals surface area contributed by atoms with Crippen molar-refractivity contribution in [1.82, 2.24) is 4.90 Å². The minimum absolute atomic E-state index is 0.209. The Morgan fingerprint density at radius 1 is 1.44 bits per heavy atom. The molecule has 0 spiro atoms. The van der Waals surface area contributed by atoms with Gasteiger partial charge in [0.05, 0.1) is 6.61 Å². The number of likely N-dealkylation sites (tertiary alicyclic amines) is 1. The number of nitrogens with zero attached hydrogens (tertiary/aromatic N) is 1. The predicted octanol–water partition coefficient (Wildman–Crippen LogP) is 2.15. The molecule has 1 aromatic carbocycles. The van der Waals surface area contributed by atoms with Crippen LogP contribution in [0, 0.1) is 5.92 Å². The first-order valence-electron chi connectivity index (χ1n) is 6.49. The summed E-state index contributed by atoms with van der Waals surface area (Å²) in [6, 6.07) is 8.76. The highest BCUT2D eigenvalue weighted by Crippen LogP contribution is 2.32. The highest BCUT2D eigenvalue weighted by atomic mass is 79.9. The van der Waals surface area contributed by atoms with Gasteiger partial charge in [0.1, 0.15) is 0 Å². The summed E-state index contributed by atoms with van der Waals surface area (Å²) in [6.45, 7) is 4.03. The van der Waals surface area contributed by atoms with E-state index >= 15 is 0 Å². The smallest absolute Gasteiger partial charge is 0.0589 e. The number of rotatable bonds is 4. The zero-order valence-electron chi connectivity index (χ0n) is 10.7. The second-order valence-electron chi connectivity index (χ2n) is 5.06. The number of halogens is 1. The molecular formula is C14H21BrN2O. The molecule has 1 aliphatic heterocycles. The van der Waals surface area contributed by atoms with Crippen LogP contribution in [0.3, 0.4) is 0 Å². The molecule has 0 aliphatic carbocycles. The number of benzene rings is 1. The molecule has 0 amide bonds. The van der Waals surface area contributed by atoms with Crippen molar-refractivity contribution in [3.63, 3.8) is 0 Å². The Hall–Kier alpha value is -0.420. The lowest BCUT2D eigenvalue weighted by Gasteiger charge is -2.33. The van der Waals surface area contributed by atoms with Crippen LogP contribution >= 0.6 is 15.9 Å². The Kier molecular flexibility index (Phi) is 4.78. The maximum Gasteiger partial charge on any atom is 0.0589 e. The van der Waals surface area contributed by atoms with Crippen LogP contribution in [-0.2, 0) is 0 Å². The third kappa shape index (κ3) is 2.77. The van der Waals surface area contributed by atoms with Crippen LogP contribution in [0.5, 0.6) is 0 Å². The quantitative estimate of drug-likeness (QED) is 0.895.